The zero-order valence-corrected chi connectivity index (χ0v) is 14.5. The Balaban J connectivity index is 1.68. The minimum Gasteiger partial charge on any atom is -0.323 e. The van der Waals surface area contributed by atoms with Crippen LogP contribution in [0.5, 0.6) is 0 Å². The highest BCUT2D eigenvalue weighted by molar-refractivity contribution is 7.15. The Kier molecular flexibility index (Phi) is 4.99. The van der Waals surface area contributed by atoms with E-state index in [0.29, 0.717) is 5.13 Å². The molecule has 8 heteroatoms. The van der Waals surface area contributed by atoms with Crippen LogP contribution in [-0.4, -0.2) is 23.0 Å². The van der Waals surface area contributed by atoms with Gasteiger partial charge in [-0.15, -0.1) is 11.3 Å². The Morgan fingerprint density at radius 1 is 1.28 bits per heavy atom. The van der Waals surface area contributed by atoms with Crippen LogP contribution in [0.25, 0.3) is 0 Å². The van der Waals surface area contributed by atoms with Crippen molar-refractivity contribution in [3.8, 4) is 0 Å². The van der Waals surface area contributed by atoms with E-state index in [9.17, 15) is 18.0 Å². The number of nitrogens with one attached hydrogen (secondary N) is 1. The molecule has 4 nitrogen and oxygen atoms in total. The second-order valence-corrected chi connectivity index (χ2v) is 7.12. The summed E-state index contributed by atoms with van der Waals surface area (Å²) in [7, 11) is 1.47. The molecule has 1 heterocycles. The van der Waals surface area contributed by atoms with Crippen LogP contribution < -0.4 is 5.32 Å². The molecule has 0 aliphatic heterocycles. The number of nitrogens with zero attached hydrogens (tertiary/aromatic N) is 2. The molecular formula is C17H18F3N3OS. The van der Waals surface area contributed by atoms with E-state index in [1.807, 2.05) is 0 Å². The van der Waals surface area contributed by atoms with E-state index in [-0.39, 0.29) is 12.1 Å². The third-order valence-corrected chi connectivity index (χ3v) is 5.21. The highest BCUT2D eigenvalue weighted by Gasteiger charge is 2.33. The van der Waals surface area contributed by atoms with Crippen LogP contribution in [0.2, 0.25) is 0 Å². The van der Waals surface area contributed by atoms with Crippen LogP contribution in [0.4, 0.5) is 23.1 Å². The largest absolute Gasteiger partial charge is 0.416 e. The first-order chi connectivity index (χ1) is 11.8. The Hall–Kier alpha value is -2.09. The first kappa shape index (κ1) is 17.7. The van der Waals surface area contributed by atoms with Gasteiger partial charge in [0.25, 0.3) is 0 Å². The van der Waals surface area contributed by atoms with Crippen molar-refractivity contribution in [1.82, 2.24) is 9.88 Å². The normalized spacial score (nSPS) is 14.1. The monoisotopic (exact) mass is 369 g/mol. The lowest BCUT2D eigenvalue weighted by molar-refractivity contribution is -0.138. The molecule has 3 rings (SSSR count). The summed E-state index contributed by atoms with van der Waals surface area (Å²) in [6, 6.07) is 4.81. The van der Waals surface area contributed by atoms with Gasteiger partial charge in [-0.25, -0.2) is 9.78 Å². The van der Waals surface area contributed by atoms with E-state index in [1.54, 1.807) is 0 Å². The number of hydrogen-bond donors (Lipinski definition) is 1. The maximum absolute atomic E-state index is 13.1. The van der Waals surface area contributed by atoms with Crippen LogP contribution in [0.3, 0.4) is 0 Å². The van der Waals surface area contributed by atoms with Gasteiger partial charge in [-0.2, -0.15) is 13.2 Å². The molecule has 1 aliphatic carbocycles. The molecular weight excluding hydrogens is 351 g/mol. The smallest absolute Gasteiger partial charge is 0.323 e. The number of carbonyl (C=O) groups is 1. The van der Waals surface area contributed by atoms with Crippen molar-refractivity contribution in [2.75, 3.05) is 12.4 Å². The van der Waals surface area contributed by atoms with Crippen molar-refractivity contribution < 1.29 is 18.0 Å². The van der Waals surface area contributed by atoms with Gasteiger partial charge in [0, 0.05) is 18.5 Å². The van der Waals surface area contributed by atoms with Crippen LogP contribution >= 0.6 is 11.3 Å². The second-order valence-electron chi connectivity index (χ2n) is 6.04. The summed E-state index contributed by atoms with van der Waals surface area (Å²) in [6.45, 7) is -0.132. The Morgan fingerprint density at radius 3 is 2.72 bits per heavy atom. The van der Waals surface area contributed by atoms with Crippen LogP contribution in [0, 0.1) is 0 Å². The summed E-state index contributed by atoms with van der Waals surface area (Å²) in [4.78, 5) is 19.1. The zero-order valence-electron chi connectivity index (χ0n) is 13.7. The number of alkyl halides is 3. The minimum absolute atomic E-state index is 0.0612. The fourth-order valence-corrected chi connectivity index (χ4v) is 3.89. The van der Waals surface area contributed by atoms with Gasteiger partial charge in [0.1, 0.15) is 0 Å². The molecule has 0 saturated carbocycles. The number of benzene rings is 1. The van der Waals surface area contributed by atoms with E-state index in [4.69, 9.17) is 0 Å². The van der Waals surface area contributed by atoms with Gasteiger partial charge >= 0.3 is 12.2 Å². The lowest BCUT2D eigenvalue weighted by Gasteiger charge is -2.20. The second kappa shape index (κ2) is 7.03. The predicted molar refractivity (Wildman–Crippen MR) is 90.7 cm³/mol. The molecule has 0 radical (unpaired) electrons. The van der Waals surface area contributed by atoms with Gasteiger partial charge in [-0.3, -0.25) is 5.32 Å². The van der Waals surface area contributed by atoms with Crippen molar-refractivity contribution in [2.45, 2.75) is 38.4 Å². The molecule has 0 atom stereocenters. The number of hydrogen-bond acceptors (Lipinski definition) is 3. The number of aryl methyl sites for hydroxylation is 2. The predicted octanol–water partition coefficient (Wildman–Crippen LogP) is 4.70. The first-order valence-electron chi connectivity index (χ1n) is 8.00. The van der Waals surface area contributed by atoms with Crippen molar-refractivity contribution in [3.63, 3.8) is 0 Å². The maximum atomic E-state index is 13.1. The average Bonchev–Trinajstić information content (AvgIpc) is 2.96. The Labute approximate surface area is 147 Å². The number of halogens is 3. The lowest BCUT2D eigenvalue weighted by Crippen LogP contribution is -2.31. The summed E-state index contributed by atoms with van der Waals surface area (Å²) in [5.74, 6) is 0. The van der Waals surface area contributed by atoms with Gasteiger partial charge in [0.2, 0.25) is 0 Å². The molecule has 1 aromatic heterocycles. The molecule has 134 valence electrons. The summed E-state index contributed by atoms with van der Waals surface area (Å²) in [6.07, 6.45) is -0.342. The molecule has 0 saturated heterocycles. The number of carbonyl (C=O) groups excluding carboxylic acids is 1. The molecule has 1 N–H and O–H groups in total. The third kappa shape index (κ3) is 4.12. The van der Waals surface area contributed by atoms with Crippen LogP contribution in [0.1, 0.15) is 34.5 Å². The van der Waals surface area contributed by atoms with E-state index >= 15 is 0 Å². The Bertz CT molecular complexity index is 749. The molecule has 0 fully saturated rings. The SMILES string of the molecule is CN(Cc1ccccc1C(F)(F)F)C(=O)Nc1nc2c(s1)CCCC2. The number of fused-ring (bicyclic) bond motifs is 1. The van der Waals surface area contributed by atoms with E-state index in [1.165, 1.54) is 46.4 Å². The number of aromatic nitrogens is 1. The molecule has 0 bridgehead atoms. The maximum Gasteiger partial charge on any atom is 0.416 e. The van der Waals surface area contributed by atoms with Gasteiger partial charge in [0.15, 0.2) is 5.13 Å². The molecule has 2 aromatic rings. The van der Waals surface area contributed by atoms with Gasteiger partial charge in [-0.05, 0) is 37.3 Å². The minimum atomic E-state index is -4.44. The number of rotatable bonds is 3. The highest BCUT2D eigenvalue weighted by Crippen LogP contribution is 2.33. The van der Waals surface area contributed by atoms with Crippen LogP contribution in [-0.2, 0) is 25.6 Å². The van der Waals surface area contributed by atoms with E-state index < -0.39 is 17.8 Å². The standard InChI is InChI=1S/C17H18F3N3OS/c1-23(10-11-6-2-3-7-12(11)17(18,19)20)16(24)22-15-21-13-8-4-5-9-14(13)25-15/h2-3,6-7H,4-5,8-10H2,1H3,(H,21,22,24). The summed E-state index contributed by atoms with van der Waals surface area (Å²) >= 11 is 1.45. The zero-order chi connectivity index (χ0) is 18.0. The molecule has 0 unspecified atom stereocenters. The van der Waals surface area contributed by atoms with Crippen molar-refractivity contribution in [1.29, 1.82) is 0 Å². The number of urea groups is 1. The quantitative estimate of drug-likeness (QED) is 0.852. The van der Waals surface area contributed by atoms with Gasteiger partial charge in [0.05, 0.1) is 11.3 Å². The molecule has 1 aromatic carbocycles. The van der Waals surface area contributed by atoms with Gasteiger partial charge in [-0.1, -0.05) is 18.2 Å². The fraction of sp³-hybridized carbons (Fsp3) is 0.412. The number of amides is 2. The van der Waals surface area contributed by atoms with Crippen LogP contribution in [0.15, 0.2) is 24.3 Å². The molecule has 25 heavy (non-hydrogen) atoms. The number of anilines is 1. The van der Waals surface area contributed by atoms with Gasteiger partial charge < -0.3 is 4.90 Å². The number of thiazole rings is 1. The van der Waals surface area contributed by atoms with Crippen molar-refractivity contribution in [2.24, 2.45) is 0 Å². The molecule has 2 amide bonds. The lowest BCUT2D eigenvalue weighted by atomic mass is 10.0. The first-order valence-corrected chi connectivity index (χ1v) is 8.82. The Morgan fingerprint density at radius 2 is 2.00 bits per heavy atom. The molecule has 0 spiro atoms. The molecule has 1 aliphatic rings. The topological polar surface area (TPSA) is 45.2 Å². The highest BCUT2D eigenvalue weighted by atomic mass is 32.1. The van der Waals surface area contributed by atoms with Crippen molar-refractivity contribution >= 4 is 22.5 Å². The van der Waals surface area contributed by atoms with E-state index in [0.717, 1.165) is 37.4 Å². The fourth-order valence-electron chi connectivity index (χ4n) is 2.85. The summed E-state index contributed by atoms with van der Waals surface area (Å²) < 4.78 is 39.2. The summed E-state index contributed by atoms with van der Waals surface area (Å²) in [5.41, 5.74) is 0.363. The van der Waals surface area contributed by atoms with Crippen molar-refractivity contribution in [3.05, 3.63) is 46.0 Å². The van der Waals surface area contributed by atoms with E-state index in [2.05, 4.69) is 10.3 Å². The summed E-state index contributed by atoms with van der Waals surface area (Å²) in [5, 5.41) is 3.20. The average molecular weight is 369 g/mol. The third-order valence-electron chi connectivity index (χ3n) is 4.14.